The summed E-state index contributed by atoms with van der Waals surface area (Å²) in [5, 5.41) is 0. The first-order valence-corrected chi connectivity index (χ1v) is 4.07. The van der Waals surface area contributed by atoms with Crippen molar-refractivity contribution in [2.24, 2.45) is 0 Å². The zero-order valence-electron chi connectivity index (χ0n) is 7.25. The second kappa shape index (κ2) is 12.5. The lowest BCUT2D eigenvalue weighted by Crippen LogP contribution is -1.76. The average Bonchev–Trinajstić information content (AvgIpc) is 1.88. The molecule has 0 aliphatic carbocycles. The molecule has 11 heavy (non-hydrogen) atoms. The standard InChI is InChI=1S/C7H16.BF3/c1-3-5-7-6-4-2;2-1(3)4/h3-7H2,1-2H3;. The topological polar surface area (TPSA) is 0 Å². The molecule has 0 aliphatic rings. The summed E-state index contributed by atoms with van der Waals surface area (Å²) in [4.78, 5) is 0. The van der Waals surface area contributed by atoms with Crippen LogP contribution in [-0.4, -0.2) is 7.54 Å². The fourth-order valence-electron chi connectivity index (χ4n) is 0.677. The largest absolute Gasteiger partial charge is 0.762 e. The maximum Gasteiger partial charge on any atom is 0.762 e. The highest BCUT2D eigenvalue weighted by Crippen LogP contribution is 2.00. The van der Waals surface area contributed by atoms with E-state index in [0.29, 0.717) is 0 Å². The molecule has 0 amide bonds. The molecule has 0 N–H and O–H groups in total. The van der Waals surface area contributed by atoms with Crippen LogP contribution in [-0.2, 0) is 0 Å². The highest BCUT2D eigenvalue weighted by molar-refractivity contribution is 6.33. The molecule has 0 bridgehead atoms. The molecule has 0 aromatic carbocycles. The Bertz CT molecular complexity index is 52.9. The van der Waals surface area contributed by atoms with Gasteiger partial charge in [0.15, 0.2) is 0 Å². The minimum atomic E-state index is -3.67. The van der Waals surface area contributed by atoms with Gasteiger partial charge in [-0.25, -0.2) is 0 Å². The van der Waals surface area contributed by atoms with Crippen LogP contribution in [0.15, 0.2) is 0 Å². The van der Waals surface area contributed by atoms with E-state index in [4.69, 9.17) is 0 Å². The monoisotopic (exact) mass is 168 g/mol. The van der Waals surface area contributed by atoms with Crippen molar-refractivity contribution in [3.63, 3.8) is 0 Å². The van der Waals surface area contributed by atoms with Gasteiger partial charge < -0.3 is 0 Å². The summed E-state index contributed by atoms with van der Waals surface area (Å²) >= 11 is 0. The smallest absolute Gasteiger partial charge is 0.254 e. The Labute approximate surface area is 67.4 Å². The van der Waals surface area contributed by atoms with Crippen molar-refractivity contribution in [3.8, 4) is 0 Å². The first-order chi connectivity index (χ1) is 5.15. The summed E-state index contributed by atoms with van der Waals surface area (Å²) in [5.74, 6) is 0. The molecule has 0 aliphatic heterocycles. The molecule has 0 saturated carbocycles. The Balaban J connectivity index is 0. The molecule has 0 aromatic rings. The molecule has 68 valence electrons. The first-order valence-electron chi connectivity index (χ1n) is 4.07. The van der Waals surface area contributed by atoms with Crippen LogP contribution in [0, 0.1) is 0 Å². The van der Waals surface area contributed by atoms with E-state index in [1.807, 2.05) is 0 Å². The van der Waals surface area contributed by atoms with Crippen molar-refractivity contribution < 1.29 is 12.9 Å². The summed E-state index contributed by atoms with van der Waals surface area (Å²) in [6.07, 6.45) is 7.01. The summed E-state index contributed by atoms with van der Waals surface area (Å²) in [5.41, 5.74) is 0. The molecule has 0 saturated heterocycles. The second-order valence-corrected chi connectivity index (χ2v) is 2.31. The minimum absolute atomic E-state index is 1.36. The first kappa shape index (κ1) is 13.4. The predicted octanol–water partition coefficient (Wildman–Crippen LogP) is 3.86. The molecular formula is C7H16BF3. The van der Waals surface area contributed by atoms with Crippen LogP contribution in [0.1, 0.15) is 46.0 Å². The molecule has 0 unspecified atom stereocenters. The Morgan fingerprint density at radius 2 is 1.09 bits per heavy atom. The van der Waals surface area contributed by atoms with Gasteiger partial charge in [-0.15, -0.1) is 0 Å². The average molecular weight is 168 g/mol. The fraction of sp³-hybridized carbons (Fsp3) is 1.00. The number of unbranched alkanes of at least 4 members (excludes halogenated alkanes) is 4. The van der Waals surface area contributed by atoms with Crippen LogP contribution in [0.25, 0.3) is 0 Å². The number of hydrogen-bond acceptors (Lipinski definition) is 0. The Hall–Kier alpha value is -0.145. The van der Waals surface area contributed by atoms with E-state index in [2.05, 4.69) is 13.8 Å². The van der Waals surface area contributed by atoms with Crippen molar-refractivity contribution in [1.82, 2.24) is 0 Å². The third-order valence-electron chi connectivity index (χ3n) is 1.21. The van der Waals surface area contributed by atoms with E-state index in [-0.39, 0.29) is 0 Å². The molecule has 0 spiro atoms. The molecular weight excluding hydrogens is 152 g/mol. The fourth-order valence-corrected chi connectivity index (χ4v) is 0.677. The number of rotatable bonds is 4. The van der Waals surface area contributed by atoms with Crippen LogP contribution >= 0.6 is 0 Å². The van der Waals surface area contributed by atoms with E-state index in [1.54, 1.807) is 0 Å². The molecule has 0 fully saturated rings. The quantitative estimate of drug-likeness (QED) is 0.441. The summed E-state index contributed by atoms with van der Waals surface area (Å²) in [6, 6.07) is 0. The Morgan fingerprint density at radius 1 is 0.818 bits per heavy atom. The van der Waals surface area contributed by atoms with E-state index in [0.717, 1.165) is 0 Å². The third-order valence-corrected chi connectivity index (χ3v) is 1.21. The van der Waals surface area contributed by atoms with Crippen LogP contribution in [0.4, 0.5) is 12.9 Å². The molecule has 0 nitrogen and oxygen atoms in total. The van der Waals surface area contributed by atoms with Crippen molar-refractivity contribution in [2.45, 2.75) is 46.0 Å². The number of halogens is 3. The van der Waals surface area contributed by atoms with Gasteiger partial charge in [-0.2, -0.15) is 0 Å². The van der Waals surface area contributed by atoms with Gasteiger partial charge in [0.25, 0.3) is 0 Å². The third kappa shape index (κ3) is 40.9. The van der Waals surface area contributed by atoms with Crippen molar-refractivity contribution in [2.75, 3.05) is 0 Å². The van der Waals surface area contributed by atoms with Crippen molar-refractivity contribution in [1.29, 1.82) is 0 Å². The van der Waals surface area contributed by atoms with E-state index < -0.39 is 7.54 Å². The van der Waals surface area contributed by atoms with Crippen molar-refractivity contribution in [3.05, 3.63) is 0 Å². The maximum atomic E-state index is 9.67. The van der Waals surface area contributed by atoms with Gasteiger partial charge in [0.1, 0.15) is 0 Å². The molecule has 0 rings (SSSR count). The minimum Gasteiger partial charge on any atom is -0.254 e. The lowest BCUT2D eigenvalue weighted by atomic mass is 10.2. The Kier molecular flexibility index (Phi) is 15.3. The maximum absolute atomic E-state index is 9.67. The Morgan fingerprint density at radius 3 is 1.27 bits per heavy atom. The van der Waals surface area contributed by atoms with Crippen LogP contribution < -0.4 is 0 Å². The molecule has 4 heteroatoms. The van der Waals surface area contributed by atoms with Crippen LogP contribution in [0.5, 0.6) is 0 Å². The zero-order valence-corrected chi connectivity index (χ0v) is 7.25. The summed E-state index contributed by atoms with van der Waals surface area (Å²) in [7, 11) is -3.67. The normalized spacial score (nSPS) is 8.45. The molecule has 0 radical (unpaired) electrons. The summed E-state index contributed by atoms with van der Waals surface area (Å²) in [6.45, 7) is 4.49. The van der Waals surface area contributed by atoms with Gasteiger partial charge in [-0.05, 0) is 0 Å². The lowest BCUT2D eigenvalue weighted by molar-refractivity contribution is 0.535. The van der Waals surface area contributed by atoms with Crippen molar-refractivity contribution >= 4 is 7.54 Å². The lowest BCUT2D eigenvalue weighted by Gasteiger charge is -1.90. The van der Waals surface area contributed by atoms with Gasteiger partial charge in [0.05, 0.1) is 0 Å². The molecule has 0 heterocycles. The van der Waals surface area contributed by atoms with Gasteiger partial charge in [0, 0.05) is 0 Å². The highest BCUT2D eigenvalue weighted by atomic mass is 19.4. The van der Waals surface area contributed by atoms with Gasteiger partial charge in [-0.1, -0.05) is 46.0 Å². The van der Waals surface area contributed by atoms with Gasteiger partial charge in [-0.3, -0.25) is 12.9 Å². The number of hydrogen-bond donors (Lipinski definition) is 0. The van der Waals surface area contributed by atoms with Gasteiger partial charge >= 0.3 is 7.54 Å². The van der Waals surface area contributed by atoms with Crippen LogP contribution in [0.3, 0.4) is 0 Å². The highest BCUT2D eigenvalue weighted by Gasteiger charge is 2.06. The van der Waals surface area contributed by atoms with E-state index in [1.165, 1.54) is 32.1 Å². The van der Waals surface area contributed by atoms with E-state index in [9.17, 15) is 12.9 Å². The second-order valence-electron chi connectivity index (χ2n) is 2.31. The van der Waals surface area contributed by atoms with Crippen LogP contribution in [0.2, 0.25) is 0 Å². The molecule has 0 atom stereocenters. The molecule has 0 aromatic heterocycles. The van der Waals surface area contributed by atoms with E-state index >= 15 is 0 Å². The van der Waals surface area contributed by atoms with Gasteiger partial charge in [0.2, 0.25) is 0 Å². The SMILES string of the molecule is CCCCCCC.FB(F)F. The summed E-state index contributed by atoms with van der Waals surface area (Å²) < 4.78 is 29.0. The predicted molar refractivity (Wildman–Crippen MR) is 43.5 cm³/mol. The zero-order chi connectivity index (χ0) is 9.11.